The molecule has 2 unspecified atom stereocenters. The number of hydrogen-bond acceptors (Lipinski definition) is 3. The zero-order valence-electron chi connectivity index (χ0n) is 13.1. The molecule has 0 bridgehead atoms. The fourth-order valence-corrected chi connectivity index (χ4v) is 3.80. The lowest BCUT2D eigenvalue weighted by atomic mass is 9.90. The van der Waals surface area contributed by atoms with Gasteiger partial charge in [0, 0.05) is 29.7 Å². The molecule has 2 atom stereocenters. The van der Waals surface area contributed by atoms with Gasteiger partial charge in [-0.1, -0.05) is 22.9 Å². The van der Waals surface area contributed by atoms with Crippen molar-refractivity contribution in [3.63, 3.8) is 0 Å². The predicted octanol–water partition coefficient (Wildman–Crippen LogP) is 3.90. The summed E-state index contributed by atoms with van der Waals surface area (Å²) in [6.45, 7) is 2.37. The molecule has 1 aliphatic rings. The van der Waals surface area contributed by atoms with Crippen LogP contribution in [0.1, 0.15) is 24.5 Å². The summed E-state index contributed by atoms with van der Waals surface area (Å²) in [5, 5.41) is 9.24. The Morgan fingerprint density at radius 3 is 2.78 bits per heavy atom. The van der Waals surface area contributed by atoms with Gasteiger partial charge in [0.2, 0.25) is 0 Å². The molecule has 23 heavy (non-hydrogen) atoms. The number of carboxylic acid groups (broad SMARTS) is 1. The van der Waals surface area contributed by atoms with Gasteiger partial charge in [-0.3, -0.25) is 9.69 Å². The van der Waals surface area contributed by atoms with Gasteiger partial charge in [0.1, 0.15) is 5.75 Å². The second-order valence-electron chi connectivity index (χ2n) is 6.16. The number of alkyl halides is 2. The van der Waals surface area contributed by atoms with Crippen molar-refractivity contribution in [2.75, 3.05) is 13.1 Å². The lowest BCUT2D eigenvalue weighted by Gasteiger charge is -2.35. The highest BCUT2D eigenvalue weighted by Gasteiger charge is 2.30. The Morgan fingerprint density at radius 1 is 1.48 bits per heavy atom. The normalized spacial score (nSPS) is 22.3. The van der Waals surface area contributed by atoms with Crippen LogP contribution in [0.5, 0.6) is 5.75 Å². The first kappa shape index (κ1) is 18.1. The van der Waals surface area contributed by atoms with Gasteiger partial charge in [0.05, 0.1) is 5.92 Å². The fourth-order valence-electron chi connectivity index (χ4n) is 3.19. The Morgan fingerprint density at radius 2 is 2.17 bits per heavy atom. The highest BCUT2D eigenvalue weighted by molar-refractivity contribution is 9.10. The number of rotatable bonds is 5. The highest BCUT2D eigenvalue weighted by atomic mass is 79.9. The molecule has 1 aliphatic heterocycles. The van der Waals surface area contributed by atoms with Gasteiger partial charge in [-0.15, -0.1) is 0 Å². The zero-order valence-corrected chi connectivity index (χ0v) is 14.6. The molecule has 1 fully saturated rings. The Bertz CT molecular complexity index is 583. The predicted molar refractivity (Wildman–Crippen MR) is 85.7 cm³/mol. The van der Waals surface area contributed by atoms with E-state index in [1.54, 1.807) is 19.1 Å². The summed E-state index contributed by atoms with van der Waals surface area (Å²) in [5.41, 5.74) is 1.25. The quantitative estimate of drug-likeness (QED) is 0.826. The molecule has 1 saturated heterocycles. The molecule has 4 nitrogen and oxygen atoms in total. The van der Waals surface area contributed by atoms with Crippen molar-refractivity contribution in [3.8, 4) is 5.75 Å². The average molecular weight is 392 g/mol. The number of ether oxygens (including phenoxy) is 1. The van der Waals surface area contributed by atoms with E-state index in [1.807, 2.05) is 11.8 Å². The summed E-state index contributed by atoms with van der Waals surface area (Å²) in [6.07, 6.45) is 0.643. The number of piperidine rings is 1. The summed E-state index contributed by atoms with van der Waals surface area (Å²) >= 11 is 3.37. The standard InChI is InChI=1S/C16H20BrF2NO3/c1-9-3-12(15(21)22)8-20(6-9)7-11-5-13(17)4-10(2)14(11)23-16(18)19/h4-5,9,12,16H,3,6-8H2,1-2H3,(H,21,22). The number of aliphatic carboxylic acids is 1. The molecular formula is C16H20BrF2NO3. The first-order chi connectivity index (χ1) is 10.8. The number of nitrogens with zero attached hydrogens (tertiary/aromatic N) is 1. The minimum absolute atomic E-state index is 0.174. The molecule has 128 valence electrons. The van der Waals surface area contributed by atoms with E-state index >= 15 is 0 Å². The van der Waals surface area contributed by atoms with Crippen molar-refractivity contribution in [3.05, 3.63) is 27.7 Å². The Hall–Kier alpha value is -1.21. The first-order valence-corrected chi connectivity index (χ1v) is 8.24. The van der Waals surface area contributed by atoms with E-state index in [2.05, 4.69) is 20.7 Å². The number of carbonyl (C=O) groups is 1. The van der Waals surface area contributed by atoms with E-state index in [0.29, 0.717) is 30.6 Å². The Labute approximate surface area is 142 Å². The number of hydrogen-bond donors (Lipinski definition) is 1. The minimum atomic E-state index is -2.89. The largest absolute Gasteiger partial charge is 0.481 e. The van der Waals surface area contributed by atoms with Gasteiger partial charge in [-0.2, -0.15) is 8.78 Å². The number of benzene rings is 1. The lowest BCUT2D eigenvalue weighted by molar-refractivity contribution is -0.144. The summed E-state index contributed by atoms with van der Waals surface area (Å²) in [6, 6.07) is 3.47. The van der Waals surface area contributed by atoms with E-state index in [0.717, 1.165) is 11.0 Å². The van der Waals surface area contributed by atoms with E-state index < -0.39 is 18.5 Å². The summed E-state index contributed by atoms with van der Waals surface area (Å²) in [4.78, 5) is 13.3. The highest BCUT2D eigenvalue weighted by Crippen LogP contribution is 2.32. The number of halogens is 3. The smallest absolute Gasteiger partial charge is 0.387 e. The molecule has 0 amide bonds. The summed E-state index contributed by atoms with van der Waals surface area (Å²) < 4.78 is 30.8. The number of aryl methyl sites for hydroxylation is 1. The van der Waals surface area contributed by atoms with E-state index in [9.17, 15) is 18.7 Å². The van der Waals surface area contributed by atoms with Crippen LogP contribution in [-0.2, 0) is 11.3 Å². The molecule has 1 aromatic carbocycles. The van der Waals surface area contributed by atoms with Gasteiger partial charge >= 0.3 is 12.6 Å². The first-order valence-electron chi connectivity index (χ1n) is 7.45. The van der Waals surface area contributed by atoms with E-state index in [-0.39, 0.29) is 11.7 Å². The third-order valence-electron chi connectivity index (χ3n) is 4.00. The van der Waals surface area contributed by atoms with Crippen molar-refractivity contribution in [2.45, 2.75) is 33.4 Å². The average Bonchev–Trinajstić information content (AvgIpc) is 2.41. The van der Waals surface area contributed by atoms with Crippen LogP contribution in [0, 0.1) is 18.8 Å². The van der Waals surface area contributed by atoms with Gasteiger partial charge in [-0.25, -0.2) is 0 Å². The molecule has 1 aromatic rings. The molecule has 7 heteroatoms. The third kappa shape index (κ3) is 4.88. The van der Waals surface area contributed by atoms with Gasteiger partial charge in [-0.05, 0) is 37.0 Å². The summed E-state index contributed by atoms with van der Waals surface area (Å²) in [5.74, 6) is -0.812. The number of carboxylic acids is 1. The maximum Gasteiger partial charge on any atom is 0.387 e. The topological polar surface area (TPSA) is 49.8 Å². The fraction of sp³-hybridized carbons (Fsp3) is 0.562. The zero-order chi connectivity index (χ0) is 17.1. The molecule has 2 rings (SSSR count). The van der Waals surface area contributed by atoms with Crippen molar-refractivity contribution >= 4 is 21.9 Å². The van der Waals surface area contributed by atoms with Crippen LogP contribution < -0.4 is 4.74 Å². The van der Waals surface area contributed by atoms with Gasteiger partial charge < -0.3 is 9.84 Å². The molecule has 0 aromatic heterocycles. The van der Waals surface area contributed by atoms with Gasteiger partial charge in [0.15, 0.2) is 0 Å². The van der Waals surface area contributed by atoms with E-state index in [1.165, 1.54) is 0 Å². The van der Waals surface area contributed by atoms with Crippen LogP contribution in [0.4, 0.5) is 8.78 Å². The Kier molecular flexibility index (Phi) is 5.97. The molecule has 0 aliphatic carbocycles. The van der Waals surface area contributed by atoms with E-state index in [4.69, 9.17) is 0 Å². The minimum Gasteiger partial charge on any atom is -0.481 e. The molecule has 0 spiro atoms. The van der Waals surface area contributed by atoms with Crippen LogP contribution in [0.25, 0.3) is 0 Å². The van der Waals surface area contributed by atoms with Crippen molar-refractivity contribution in [1.29, 1.82) is 0 Å². The van der Waals surface area contributed by atoms with Gasteiger partial charge in [0.25, 0.3) is 0 Å². The summed E-state index contributed by atoms with van der Waals surface area (Å²) in [7, 11) is 0. The van der Waals surface area contributed by atoms with Crippen LogP contribution in [0.3, 0.4) is 0 Å². The Balaban J connectivity index is 2.22. The molecular weight excluding hydrogens is 372 g/mol. The monoisotopic (exact) mass is 391 g/mol. The van der Waals surface area contributed by atoms with Crippen LogP contribution in [0.2, 0.25) is 0 Å². The molecule has 1 heterocycles. The second-order valence-corrected chi connectivity index (χ2v) is 7.08. The number of likely N-dealkylation sites (tertiary alicyclic amines) is 1. The van der Waals surface area contributed by atoms with Crippen LogP contribution >= 0.6 is 15.9 Å². The molecule has 1 N–H and O–H groups in total. The van der Waals surface area contributed by atoms with Crippen LogP contribution in [0.15, 0.2) is 16.6 Å². The lowest BCUT2D eigenvalue weighted by Crippen LogP contribution is -2.42. The van der Waals surface area contributed by atoms with Crippen molar-refractivity contribution in [2.24, 2.45) is 11.8 Å². The maximum absolute atomic E-state index is 12.7. The van der Waals surface area contributed by atoms with Crippen molar-refractivity contribution in [1.82, 2.24) is 4.90 Å². The third-order valence-corrected chi connectivity index (χ3v) is 4.46. The molecule has 0 radical (unpaired) electrons. The van der Waals surface area contributed by atoms with Crippen LogP contribution in [-0.4, -0.2) is 35.7 Å². The second kappa shape index (κ2) is 7.57. The maximum atomic E-state index is 12.7. The van der Waals surface area contributed by atoms with Crippen molar-refractivity contribution < 1.29 is 23.4 Å². The SMILES string of the molecule is Cc1cc(Br)cc(CN2CC(C)CC(C(=O)O)C2)c1OC(F)F. The molecule has 0 saturated carbocycles.